The number of hydrogen-bond acceptors (Lipinski definition) is 9. The first kappa shape index (κ1) is 34.5. The van der Waals surface area contributed by atoms with E-state index in [-0.39, 0.29) is 11.6 Å². The van der Waals surface area contributed by atoms with Crippen LogP contribution in [-0.2, 0) is 0 Å². The normalized spacial score (nSPS) is 12.9. The highest BCUT2D eigenvalue weighted by atomic mass is 16.2. The Morgan fingerprint density at radius 1 is 0.328 bits per heavy atom. The van der Waals surface area contributed by atoms with Crippen molar-refractivity contribution in [1.82, 2.24) is 44.9 Å². The Morgan fingerprint density at radius 2 is 0.672 bits per heavy atom. The number of aromatic nitrogens is 9. The molecular formula is C50H29N9O2. The molecule has 0 saturated carbocycles. The minimum absolute atomic E-state index is 0.154. The average molecular weight is 788 g/mol. The zero-order valence-electron chi connectivity index (χ0n) is 32.0. The first-order chi connectivity index (χ1) is 30.1. The van der Waals surface area contributed by atoms with Crippen molar-refractivity contribution in [2.75, 3.05) is 0 Å². The van der Waals surface area contributed by atoms with E-state index in [0.29, 0.717) is 62.7 Å². The van der Waals surface area contributed by atoms with E-state index in [1.54, 1.807) is 30.3 Å². The number of benzene rings is 6. The van der Waals surface area contributed by atoms with Gasteiger partial charge in [-0.15, -0.1) is 0 Å². The topological polar surface area (TPSA) is 156 Å². The fourth-order valence-corrected chi connectivity index (χ4v) is 8.44. The highest BCUT2D eigenvalue weighted by Crippen LogP contribution is 2.37. The summed E-state index contributed by atoms with van der Waals surface area (Å²) in [7, 11) is 0. The number of ketones is 2. The zero-order valence-corrected chi connectivity index (χ0v) is 32.0. The van der Waals surface area contributed by atoms with Crippen molar-refractivity contribution in [2.24, 2.45) is 0 Å². The monoisotopic (exact) mass is 787 g/mol. The van der Waals surface area contributed by atoms with Gasteiger partial charge in [0.15, 0.2) is 34.9 Å². The molecule has 0 unspecified atom stereocenters. The molecule has 0 amide bonds. The van der Waals surface area contributed by atoms with Gasteiger partial charge in [0.05, 0.1) is 11.2 Å². The molecule has 6 aromatic carbocycles. The molecule has 8 bridgehead atoms. The molecule has 61 heavy (non-hydrogen) atoms. The van der Waals surface area contributed by atoms with Crippen LogP contribution in [-0.4, -0.2) is 56.4 Å². The number of rotatable bonds is 1. The van der Waals surface area contributed by atoms with Crippen molar-refractivity contribution in [2.45, 2.75) is 5.92 Å². The van der Waals surface area contributed by atoms with Crippen molar-refractivity contribution in [1.29, 1.82) is 0 Å². The lowest BCUT2D eigenvalue weighted by molar-refractivity contribution is 0.0888. The van der Waals surface area contributed by atoms with Gasteiger partial charge in [-0.3, -0.25) is 14.6 Å². The smallest absolute Gasteiger partial charge is 0.180 e. The molecule has 2 aliphatic heterocycles. The molecule has 13 rings (SSSR count). The van der Waals surface area contributed by atoms with E-state index >= 15 is 0 Å². The quantitative estimate of drug-likeness (QED) is 0.155. The molecule has 3 aliphatic rings. The number of pyridine rings is 1. The van der Waals surface area contributed by atoms with Gasteiger partial charge in [0, 0.05) is 60.3 Å². The first-order valence-electron chi connectivity index (χ1n) is 19.8. The third-order valence-electron chi connectivity index (χ3n) is 11.4. The van der Waals surface area contributed by atoms with Crippen LogP contribution in [0.15, 0.2) is 158 Å². The highest BCUT2D eigenvalue weighted by Gasteiger charge is 2.40. The Morgan fingerprint density at radius 3 is 1.08 bits per heavy atom. The number of para-hydroxylation sites is 1. The number of H-pyrrole nitrogens is 2. The number of nitrogens with one attached hydrogen (secondary N) is 2. The lowest BCUT2D eigenvalue weighted by Crippen LogP contribution is -2.14. The Balaban J connectivity index is 0.000000160. The minimum atomic E-state index is -0.799. The fraction of sp³-hybridized carbons (Fsp3) is 0.0200. The summed E-state index contributed by atoms with van der Waals surface area (Å²) in [4.78, 5) is 66.2. The lowest BCUT2D eigenvalue weighted by Gasteiger charge is -2.07. The molecule has 286 valence electrons. The Hall–Kier alpha value is -8.57. The summed E-state index contributed by atoms with van der Waals surface area (Å²) in [6, 6.07) is 50.6. The van der Waals surface area contributed by atoms with Gasteiger partial charge in [0.25, 0.3) is 0 Å². The number of nitrogens with zero attached hydrogens (tertiary/aromatic N) is 7. The van der Waals surface area contributed by atoms with Crippen LogP contribution in [0, 0.1) is 0 Å². The summed E-state index contributed by atoms with van der Waals surface area (Å²) in [6.45, 7) is 0. The standard InChI is InChI=1S/C32H18N8.C18H11NO2/c1-2-10-18-17(9-1)25-33-26(18)38-28-21-13-5-6-14-22(21)30(35-28)40-32-24-16-8-7-15-23(24)31(36-32)39-29-20-12-4-3-11-19(20)27(34-29)37-25;20-17-12-6-2-3-7-13(12)18(21)16(17)15-10-9-11-5-1-4-8-14(11)19-15/h1-16H,(H2,33,34,35,36,37,38,39,40);1-10,16H. The third kappa shape index (κ3) is 5.55. The number of carbonyl (C=O) groups excluding carboxylic acids is 2. The Labute approximate surface area is 346 Å². The van der Waals surface area contributed by atoms with Crippen molar-refractivity contribution in [3.05, 3.63) is 175 Å². The second kappa shape index (κ2) is 13.5. The maximum Gasteiger partial charge on any atom is 0.180 e. The van der Waals surface area contributed by atoms with E-state index < -0.39 is 5.92 Å². The molecule has 11 heteroatoms. The second-order valence-corrected chi connectivity index (χ2v) is 14.9. The zero-order chi connectivity index (χ0) is 40.6. The van der Waals surface area contributed by atoms with Crippen molar-refractivity contribution < 1.29 is 9.59 Å². The van der Waals surface area contributed by atoms with Gasteiger partial charge in [-0.25, -0.2) is 29.9 Å². The molecule has 1 aliphatic carbocycles. The molecule has 2 N–H and O–H groups in total. The molecule has 10 aromatic rings. The van der Waals surface area contributed by atoms with Gasteiger partial charge < -0.3 is 9.97 Å². The molecule has 4 aromatic heterocycles. The van der Waals surface area contributed by atoms with Gasteiger partial charge in [-0.2, -0.15) is 0 Å². The van der Waals surface area contributed by atoms with Crippen molar-refractivity contribution in [3.8, 4) is 45.6 Å². The highest BCUT2D eigenvalue weighted by molar-refractivity contribution is 6.29. The van der Waals surface area contributed by atoms with Gasteiger partial charge >= 0.3 is 0 Å². The van der Waals surface area contributed by atoms with Crippen LogP contribution >= 0.6 is 0 Å². The van der Waals surface area contributed by atoms with E-state index in [2.05, 4.69) is 15.0 Å². The predicted octanol–water partition coefficient (Wildman–Crippen LogP) is 10.3. The SMILES string of the molecule is O=C1c2ccccc2C(=O)C1c1ccc2ccccc2n1.c1ccc2c(c1)-c1nc-2nc2[nH]c(nc3nc(nc4[nH]c(n1)c1ccccc41)-c1ccccc1-3)c1ccccc21. The van der Waals surface area contributed by atoms with E-state index in [0.717, 1.165) is 54.7 Å². The van der Waals surface area contributed by atoms with E-state index in [1.807, 2.05) is 127 Å². The van der Waals surface area contributed by atoms with E-state index in [4.69, 9.17) is 29.9 Å². The van der Waals surface area contributed by atoms with Crippen molar-refractivity contribution in [3.63, 3.8) is 0 Å². The molecule has 0 radical (unpaired) electrons. The molecule has 0 saturated heterocycles. The van der Waals surface area contributed by atoms with E-state index in [1.165, 1.54) is 0 Å². The summed E-state index contributed by atoms with van der Waals surface area (Å²) in [6.07, 6.45) is 0. The van der Waals surface area contributed by atoms with Gasteiger partial charge in [0.1, 0.15) is 28.5 Å². The second-order valence-electron chi connectivity index (χ2n) is 14.9. The van der Waals surface area contributed by atoms with Gasteiger partial charge in [0.2, 0.25) is 0 Å². The summed E-state index contributed by atoms with van der Waals surface area (Å²) < 4.78 is 0. The van der Waals surface area contributed by atoms with Gasteiger partial charge in [-0.05, 0) is 12.1 Å². The Kier molecular flexibility index (Phi) is 7.63. The number of fused-ring (bicyclic) bond motifs is 22. The average Bonchev–Trinajstić information content (AvgIpc) is 4.09. The number of hydrogen-bond donors (Lipinski definition) is 2. The molecule has 6 heterocycles. The minimum Gasteiger partial charge on any atom is -0.324 e. The van der Waals surface area contributed by atoms with Crippen LogP contribution in [0.1, 0.15) is 32.3 Å². The summed E-state index contributed by atoms with van der Waals surface area (Å²) >= 11 is 0. The fourth-order valence-electron chi connectivity index (χ4n) is 8.44. The largest absolute Gasteiger partial charge is 0.324 e. The summed E-state index contributed by atoms with van der Waals surface area (Å²) in [5, 5.41) is 4.82. The Bertz CT molecular complexity index is 3330. The number of Topliss-reactive ketones (excluding diaryl/α,β-unsaturated/α-hetero) is 2. The molecular weight excluding hydrogens is 759 g/mol. The lowest BCUT2D eigenvalue weighted by atomic mass is 9.98. The van der Waals surface area contributed by atoms with E-state index in [9.17, 15) is 9.59 Å². The van der Waals surface area contributed by atoms with Crippen LogP contribution in [0.3, 0.4) is 0 Å². The molecule has 0 fully saturated rings. The maximum absolute atomic E-state index is 12.5. The predicted molar refractivity (Wildman–Crippen MR) is 236 cm³/mol. The maximum atomic E-state index is 12.5. The number of carbonyl (C=O) groups is 2. The first-order valence-corrected chi connectivity index (χ1v) is 19.8. The summed E-state index contributed by atoms with van der Waals surface area (Å²) in [5.74, 6) is 1.28. The summed E-state index contributed by atoms with van der Waals surface area (Å²) in [5.41, 5.74) is 8.78. The van der Waals surface area contributed by atoms with Crippen LogP contribution in [0.4, 0.5) is 0 Å². The number of aromatic amines is 2. The van der Waals surface area contributed by atoms with Crippen LogP contribution < -0.4 is 0 Å². The molecule has 11 nitrogen and oxygen atoms in total. The van der Waals surface area contributed by atoms with Crippen molar-refractivity contribution >= 4 is 66.6 Å². The molecule has 0 spiro atoms. The van der Waals surface area contributed by atoms with Crippen LogP contribution in [0.2, 0.25) is 0 Å². The van der Waals surface area contributed by atoms with Crippen LogP contribution in [0.25, 0.3) is 101 Å². The molecule has 0 atom stereocenters. The van der Waals surface area contributed by atoms with Gasteiger partial charge in [-0.1, -0.05) is 146 Å². The van der Waals surface area contributed by atoms with Crippen LogP contribution in [0.5, 0.6) is 0 Å². The third-order valence-corrected chi connectivity index (χ3v) is 11.4.